The lowest BCUT2D eigenvalue weighted by molar-refractivity contribution is -0.147. The number of nitrogens with zero attached hydrogens (tertiary/aromatic N) is 2. The van der Waals surface area contributed by atoms with Gasteiger partial charge in [0.15, 0.2) is 0 Å². The molecule has 8 heteroatoms. The summed E-state index contributed by atoms with van der Waals surface area (Å²) in [7, 11) is 0. The van der Waals surface area contributed by atoms with Crippen molar-refractivity contribution in [2.45, 2.75) is 25.0 Å². The van der Waals surface area contributed by atoms with E-state index in [4.69, 9.17) is 4.74 Å². The third-order valence-electron chi connectivity index (χ3n) is 6.49. The minimum absolute atomic E-state index is 0.0107. The van der Waals surface area contributed by atoms with Crippen molar-refractivity contribution >= 4 is 29.1 Å². The number of carbonyl (C=O) groups is 3. The highest BCUT2D eigenvalue weighted by Gasteiger charge is 2.33. The van der Waals surface area contributed by atoms with Crippen LogP contribution in [0, 0.1) is 5.82 Å². The van der Waals surface area contributed by atoms with Gasteiger partial charge < -0.3 is 19.9 Å². The third kappa shape index (κ3) is 5.13. The first-order chi connectivity index (χ1) is 17.5. The Morgan fingerprint density at radius 2 is 1.44 bits per heavy atom. The highest BCUT2D eigenvalue weighted by Crippen LogP contribution is 2.34. The zero-order valence-corrected chi connectivity index (χ0v) is 19.6. The molecular formula is C28H26FN3O4. The van der Waals surface area contributed by atoms with E-state index in [0.717, 1.165) is 11.1 Å². The largest absolute Gasteiger partial charge is 0.362 e. The molecule has 2 heterocycles. The zero-order valence-electron chi connectivity index (χ0n) is 19.6. The van der Waals surface area contributed by atoms with Gasteiger partial charge in [0.1, 0.15) is 24.6 Å². The van der Waals surface area contributed by atoms with Gasteiger partial charge >= 0.3 is 0 Å². The summed E-state index contributed by atoms with van der Waals surface area (Å²) in [5.74, 6) is -1.06. The van der Waals surface area contributed by atoms with Crippen molar-refractivity contribution in [1.82, 2.24) is 4.90 Å². The lowest BCUT2D eigenvalue weighted by Gasteiger charge is -2.39. The molecule has 0 aromatic heterocycles. The van der Waals surface area contributed by atoms with Crippen LogP contribution in [0.15, 0.2) is 78.9 Å². The fraction of sp³-hybridized carbons (Fsp3) is 0.250. The summed E-state index contributed by atoms with van der Waals surface area (Å²) in [6, 6.07) is 22.8. The van der Waals surface area contributed by atoms with Crippen LogP contribution in [0.5, 0.6) is 0 Å². The first-order valence-electron chi connectivity index (χ1n) is 11.9. The SMILES string of the molecule is O=C1CN(C(=O)CCC(=O)N2CC(c3ccccc3)OC(c3ccc(F)cc3)C2)c2ccccc2N1. The van der Waals surface area contributed by atoms with Crippen LogP contribution in [-0.4, -0.2) is 42.3 Å². The number of rotatable bonds is 5. The van der Waals surface area contributed by atoms with Gasteiger partial charge in [0.25, 0.3) is 0 Å². The van der Waals surface area contributed by atoms with Crippen molar-refractivity contribution in [3.05, 3.63) is 95.8 Å². The fourth-order valence-electron chi connectivity index (χ4n) is 4.64. The number of hydrogen-bond donors (Lipinski definition) is 1. The number of ether oxygens (including phenoxy) is 1. The van der Waals surface area contributed by atoms with Crippen LogP contribution < -0.4 is 10.2 Å². The number of nitrogens with one attached hydrogen (secondary N) is 1. The van der Waals surface area contributed by atoms with Crippen LogP contribution in [0.4, 0.5) is 15.8 Å². The predicted molar refractivity (Wildman–Crippen MR) is 133 cm³/mol. The number of carbonyl (C=O) groups excluding carboxylic acids is 3. The molecule has 3 aromatic rings. The number of halogens is 1. The van der Waals surface area contributed by atoms with E-state index in [-0.39, 0.29) is 49.0 Å². The maximum Gasteiger partial charge on any atom is 0.244 e. The van der Waals surface area contributed by atoms with Gasteiger partial charge in [0, 0.05) is 12.8 Å². The van der Waals surface area contributed by atoms with E-state index in [0.29, 0.717) is 24.5 Å². The summed E-state index contributed by atoms with van der Waals surface area (Å²) in [6.07, 6.45) is -0.791. The predicted octanol–water partition coefficient (Wildman–Crippen LogP) is 4.23. The summed E-state index contributed by atoms with van der Waals surface area (Å²) in [6.45, 7) is 0.574. The van der Waals surface area contributed by atoms with E-state index in [2.05, 4.69) is 5.32 Å². The number of para-hydroxylation sites is 2. The lowest BCUT2D eigenvalue weighted by atomic mass is 10.0. The molecule has 3 amide bonds. The molecule has 0 saturated carbocycles. The molecule has 1 saturated heterocycles. The van der Waals surface area contributed by atoms with Gasteiger partial charge in [-0.1, -0.05) is 54.6 Å². The van der Waals surface area contributed by atoms with Crippen molar-refractivity contribution < 1.29 is 23.5 Å². The molecule has 1 N–H and O–H groups in total. The highest BCUT2D eigenvalue weighted by atomic mass is 19.1. The summed E-state index contributed by atoms with van der Waals surface area (Å²) >= 11 is 0. The normalized spacial score (nSPS) is 19.4. The van der Waals surface area contributed by atoms with Crippen LogP contribution >= 0.6 is 0 Å². The molecule has 0 spiro atoms. The maximum atomic E-state index is 13.5. The Kier molecular flexibility index (Phi) is 6.77. The summed E-state index contributed by atoms with van der Waals surface area (Å²) in [5, 5.41) is 2.76. The number of benzene rings is 3. The average molecular weight is 488 g/mol. The number of anilines is 2. The molecule has 36 heavy (non-hydrogen) atoms. The van der Waals surface area contributed by atoms with E-state index in [1.54, 1.807) is 41.3 Å². The van der Waals surface area contributed by atoms with Gasteiger partial charge in [-0.25, -0.2) is 4.39 Å². The summed E-state index contributed by atoms with van der Waals surface area (Å²) in [5.41, 5.74) is 2.92. The van der Waals surface area contributed by atoms with Crippen molar-refractivity contribution in [2.75, 3.05) is 29.9 Å². The first kappa shape index (κ1) is 23.7. The minimum Gasteiger partial charge on any atom is -0.362 e. The second-order valence-corrected chi connectivity index (χ2v) is 8.92. The van der Waals surface area contributed by atoms with Crippen LogP contribution in [-0.2, 0) is 19.1 Å². The highest BCUT2D eigenvalue weighted by molar-refractivity contribution is 6.10. The van der Waals surface area contributed by atoms with Crippen LogP contribution in [0.25, 0.3) is 0 Å². The molecule has 2 unspecified atom stereocenters. The summed E-state index contributed by atoms with van der Waals surface area (Å²) < 4.78 is 19.8. The van der Waals surface area contributed by atoms with E-state index >= 15 is 0 Å². The van der Waals surface area contributed by atoms with E-state index in [9.17, 15) is 18.8 Å². The van der Waals surface area contributed by atoms with Gasteiger partial charge in [0.2, 0.25) is 17.7 Å². The van der Waals surface area contributed by atoms with Crippen LogP contribution in [0.1, 0.15) is 36.2 Å². The molecule has 2 aliphatic heterocycles. The Morgan fingerprint density at radius 1 is 0.833 bits per heavy atom. The monoisotopic (exact) mass is 487 g/mol. The average Bonchev–Trinajstić information content (AvgIpc) is 2.91. The van der Waals surface area contributed by atoms with Gasteiger partial charge in [-0.05, 0) is 35.4 Å². The molecule has 7 nitrogen and oxygen atoms in total. The number of morpholine rings is 1. The minimum atomic E-state index is -0.429. The Balaban J connectivity index is 1.29. The lowest BCUT2D eigenvalue weighted by Crippen LogP contribution is -2.45. The topological polar surface area (TPSA) is 79.0 Å². The number of amides is 3. The molecule has 0 aliphatic carbocycles. The van der Waals surface area contributed by atoms with Gasteiger partial charge in [-0.15, -0.1) is 0 Å². The second-order valence-electron chi connectivity index (χ2n) is 8.92. The van der Waals surface area contributed by atoms with Crippen LogP contribution in [0.3, 0.4) is 0 Å². The van der Waals surface area contributed by atoms with E-state index in [1.165, 1.54) is 17.0 Å². The molecule has 0 radical (unpaired) electrons. The van der Waals surface area contributed by atoms with Crippen LogP contribution in [0.2, 0.25) is 0 Å². The van der Waals surface area contributed by atoms with Gasteiger partial charge in [0.05, 0.1) is 24.5 Å². The molecular weight excluding hydrogens is 461 g/mol. The standard InChI is InChI=1S/C28H26FN3O4/c29-21-12-10-20(11-13-21)25-17-31(16-24(36-25)19-6-2-1-3-7-19)27(34)14-15-28(35)32-18-26(33)30-22-8-4-5-9-23(22)32/h1-13,24-25H,14-18H2,(H,30,33). The maximum absolute atomic E-state index is 13.5. The molecule has 184 valence electrons. The molecule has 2 aliphatic rings. The number of hydrogen-bond acceptors (Lipinski definition) is 4. The smallest absolute Gasteiger partial charge is 0.244 e. The van der Waals surface area contributed by atoms with Crippen molar-refractivity contribution in [1.29, 1.82) is 0 Å². The molecule has 5 rings (SSSR count). The Labute approximate surface area is 208 Å². The van der Waals surface area contributed by atoms with Crippen molar-refractivity contribution in [3.63, 3.8) is 0 Å². The van der Waals surface area contributed by atoms with Gasteiger partial charge in [-0.3, -0.25) is 14.4 Å². The zero-order chi connectivity index (χ0) is 25.1. The molecule has 2 atom stereocenters. The van der Waals surface area contributed by atoms with Crippen molar-refractivity contribution in [3.8, 4) is 0 Å². The Morgan fingerprint density at radius 3 is 2.17 bits per heavy atom. The van der Waals surface area contributed by atoms with Gasteiger partial charge in [-0.2, -0.15) is 0 Å². The summed E-state index contributed by atoms with van der Waals surface area (Å²) in [4.78, 5) is 41.5. The molecule has 3 aromatic carbocycles. The quantitative estimate of drug-likeness (QED) is 0.584. The van der Waals surface area contributed by atoms with E-state index < -0.39 is 6.10 Å². The van der Waals surface area contributed by atoms with E-state index in [1.807, 2.05) is 30.3 Å². The Hall–Kier alpha value is -4.04. The number of fused-ring (bicyclic) bond motifs is 1. The fourth-order valence-corrected chi connectivity index (χ4v) is 4.64. The Bertz CT molecular complexity index is 1270. The molecule has 1 fully saturated rings. The third-order valence-corrected chi connectivity index (χ3v) is 6.49. The van der Waals surface area contributed by atoms with Crippen molar-refractivity contribution in [2.24, 2.45) is 0 Å². The second kappa shape index (κ2) is 10.3. The molecule has 0 bridgehead atoms. The first-order valence-corrected chi connectivity index (χ1v) is 11.9.